The predicted octanol–water partition coefficient (Wildman–Crippen LogP) is 4.61. The summed E-state index contributed by atoms with van der Waals surface area (Å²) in [6, 6.07) is 0. The van der Waals surface area contributed by atoms with Gasteiger partial charge in [-0.05, 0) is 69.5 Å². The van der Waals surface area contributed by atoms with Crippen LogP contribution < -0.4 is 5.32 Å². The monoisotopic (exact) mass is 352 g/mol. The van der Waals surface area contributed by atoms with Gasteiger partial charge in [0.05, 0.1) is 0 Å². The zero-order chi connectivity index (χ0) is 18.7. The highest BCUT2D eigenvalue weighted by atomic mass is 16.1. The zero-order valence-electron chi connectivity index (χ0n) is 17.6. The molecule has 3 aliphatic rings. The van der Waals surface area contributed by atoms with E-state index in [-0.39, 0.29) is 0 Å². The van der Waals surface area contributed by atoms with Gasteiger partial charge >= 0.3 is 0 Å². The Bertz CT molecular complexity index is 325. The third kappa shape index (κ3) is 9.75. The van der Waals surface area contributed by atoms with Crippen molar-refractivity contribution >= 4 is 6.29 Å². The summed E-state index contributed by atoms with van der Waals surface area (Å²) >= 11 is 0. The zero-order valence-corrected chi connectivity index (χ0v) is 17.6. The Labute approximate surface area is 157 Å². The summed E-state index contributed by atoms with van der Waals surface area (Å²) in [5.74, 6) is 4.17. The van der Waals surface area contributed by atoms with E-state index in [1.165, 1.54) is 58.3 Å². The van der Waals surface area contributed by atoms with Gasteiger partial charge in [-0.2, -0.15) is 0 Å². The predicted molar refractivity (Wildman–Crippen MR) is 109 cm³/mol. The van der Waals surface area contributed by atoms with Crippen LogP contribution in [0.4, 0.5) is 0 Å². The van der Waals surface area contributed by atoms with E-state index in [1.54, 1.807) is 0 Å². The SMILES string of the molecule is CC(C)C1CCNCC1.CC(C)C1CN(C)C1.O=CC1CCCCC1. The van der Waals surface area contributed by atoms with Gasteiger partial charge in [0.15, 0.2) is 0 Å². The molecule has 0 atom stereocenters. The maximum absolute atomic E-state index is 10.2. The highest BCUT2D eigenvalue weighted by Crippen LogP contribution is 2.22. The van der Waals surface area contributed by atoms with E-state index in [2.05, 4.69) is 45.0 Å². The molecule has 1 N–H and O–H groups in total. The number of rotatable bonds is 3. The van der Waals surface area contributed by atoms with E-state index in [9.17, 15) is 4.79 Å². The van der Waals surface area contributed by atoms with Crippen LogP contribution in [0.5, 0.6) is 0 Å². The Hall–Kier alpha value is -0.410. The lowest BCUT2D eigenvalue weighted by Crippen LogP contribution is -2.46. The molecule has 1 aliphatic carbocycles. The first-order chi connectivity index (χ1) is 11.9. The molecule has 0 radical (unpaired) electrons. The molecular weight excluding hydrogens is 308 g/mol. The van der Waals surface area contributed by atoms with Crippen molar-refractivity contribution < 1.29 is 4.79 Å². The largest absolute Gasteiger partial charge is 0.317 e. The van der Waals surface area contributed by atoms with Gasteiger partial charge < -0.3 is 15.0 Å². The van der Waals surface area contributed by atoms with Crippen molar-refractivity contribution in [3.8, 4) is 0 Å². The van der Waals surface area contributed by atoms with E-state index in [1.807, 2.05) is 0 Å². The molecule has 0 aromatic heterocycles. The van der Waals surface area contributed by atoms with Crippen LogP contribution in [-0.4, -0.2) is 44.4 Å². The Morgan fingerprint density at radius 3 is 1.64 bits per heavy atom. The molecule has 25 heavy (non-hydrogen) atoms. The topological polar surface area (TPSA) is 32.3 Å². The first kappa shape index (κ1) is 22.6. The van der Waals surface area contributed by atoms with Gasteiger partial charge in [0.25, 0.3) is 0 Å². The summed E-state index contributed by atoms with van der Waals surface area (Å²) in [7, 11) is 2.18. The maximum atomic E-state index is 10.2. The average molecular weight is 353 g/mol. The minimum Gasteiger partial charge on any atom is -0.317 e. The third-order valence-corrected chi connectivity index (χ3v) is 6.20. The summed E-state index contributed by atoms with van der Waals surface area (Å²) in [5.41, 5.74) is 0. The first-order valence-electron chi connectivity index (χ1n) is 10.8. The number of nitrogens with zero attached hydrogens (tertiary/aromatic N) is 1. The number of hydrogen-bond donors (Lipinski definition) is 1. The number of nitrogens with one attached hydrogen (secondary N) is 1. The van der Waals surface area contributed by atoms with Crippen LogP contribution in [0.25, 0.3) is 0 Å². The lowest BCUT2D eigenvalue weighted by molar-refractivity contribution is -0.111. The molecule has 0 aromatic rings. The average Bonchev–Trinajstić information content (AvgIpc) is 2.61. The van der Waals surface area contributed by atoms with E-state index < -0.39 is 0 Å². The summed E-state index contributed by atoms with van der Waals surface area (Å²) in [6.07, 6.45) is 10.0. The molecule has 3 fully saturated rings. The molecule has 3 heteroatoms. The lowest BCUT2D eigenvalue weighted by atomic mass is 9.87. The van der Waals surface area contributed by atoms with E-state index in [0.717, 1.165) is 42.8 Å². The molecular formula is C22H44N2O. The van der Waals surface area contributed by atoms with Gasteiger partial charge in [-0.15, -0.1) is 0 Å². The van der Waals surface area contributed by atoms with Gasteiger partial charge in [-0.1, -0.05) is 47.0 Å². The van der Waals surface area contributed by atoms with Crippen LogP contribution in [0, 0.1) is 29.6 Å². The molecule has 3 nitrogen and oxygen atoms in total. The second-order valence-corrected chi connectivity index (χ2v) is 9.09. The number of aldehydes is 1. The van der Waals surface area contributed by atoms with Crippen LogP contribution in [0.2, 0.25) is 0 Å². The summed E-state index contributed by atoms with van der Waals surface area (Å²) in [6.45, 7) is 14.4. The normalized spacial score (nSPS) is 23.3. The van der Waals surface area contributed by atoms with Crippen molar-refractivity contribution in [3.63, 3.8) is 0 Å². The molecule has 1 saturated carbocycles. The van der Waals surface area contributed by atoms with Crippen LogP contribution in [-0.2, 0) is 4.79 Å². The van der Waals surface area contributed by atoms with Crippen LogP contribution in [0.15, 0.2) is 0 Å². The highest BCUT2D eigenvalue weighted by molar-refractivity contribution is 5.53. The Morgan fingerprint density at radius 2 is 1.36 bits per heavy atom. The molecule has 0 unspecified atom stereocenters. The Kier molecular flexibility index (Phi) is 11.6. The summed E-state index contributed by atoms with van der Waals surface area (Å²) in [5, 5.41) is 3.37. The first-order valence-corrected chi connectivity index (χ1v) is 10.8. The van der Waals surface area contributed by atoms with Crippen molar-refractivity contribution in [2.45, 2.75) is 72.6 Å². The second-order valence-electron chi connectivity index (χ2n) is 9.09. The standard InChI is InChI=1S/C8H17N.C7H15N.C7H12O/c1-7(2)8-3-5-9-6-4-8;1-6(2)7-4-8(3)5-7;8-6-7-4-2-1-3-5-7/h7-9H,3-6H2,1-2H3;6-7H,4-5H2,1-3H3;6-7H,1-5H2. The molecule has 0 amide bonds. The highest BCUT2D eigenvalue weighted by Gasteiger charge is 2.25. The third-order valence-electron chi connectivity index (χ3n) is 6.20. The fraction of sp³-hybridized carbons (Fsp3) is 0.955. The number of piperidine rings is 1. The number of carbonyl (C=O) groups is 1. The van der Waals surface area contributed by atoms with Crippen molar-refractivity contribution in [2.75, 3.05) is 33.2 Å². The molecule has 148 valence electrons. The van der Waals surface area contributed by atoms with Gasteiger partial charge in [-0.3, -0.25) is 0 Å². The van der Waals surface area contributed by atoms with E-state index in [0.29, 0.717) is 5.92 Å². The minimum atomic E-state index is 0.406. The van der Waals surface area contributed by atoms with Gasteiger partial charge in [0.2, 0.25) is 0 Å². The molecule has 2 heterocycles. The Morgan fingerprint density at radius 1 is 0.840 bits per heavy atom. The maximum Gasteiger partial charge on any atom is 0.123 e. The fourth-order valence-corrected chi connectivity index (χ4v) is 3.95. The van der Waals surface area contributed by atoms with Gasteiger partial charge in [0.1, 0.15) is 6.29 Å². The van der Waals surface area contributed by atoms with Crippen molar-refractivity contribution in [3.05, 3.63) is 0 Å². The molecule has 0 spiro atoms. The molecule has 0 bridgehead atoms. The number of likely N-dealkylation sites (tertiary alicyclic amines) is 1. The molecule has 0 aromatic carbocycles. The van der Waals surface area contributed by atoms with Crippen molar-refractivity contribution in [2.24, 2.45) is 29.6 Å². The van der Waals surface area contributed by atoms with Crippen LogP contribution >= 0.6 is 0 Å². The molecule has 2 saturated heterocycles. The smallest absolute Gasteiger partial charge is 0.123 e. The van der Waals surface area contributed by atoms with E-state index in [4.69, 9.17) is 0 Å². The fourth-order valence-electron chi connectivity index (χ4n) is 3.95. The van der Waals surface area contributed by atoms with Crippen molar-refractivity contribution in [1.29, 1.82) is 0 Å². The van der Waals surface area contributed by atoms with Gasteiger partial charge in [0, 0.05) is 19.0 Å². The summed E-state index contributed by atoms with van der Waals surface area (Å²) < 4.78 is 0. The minimum absolute atomic E-state index is 0.406. The van der Waals surface area contributed by atoms with Crippen LogP contribution in [0.3, 0.4) is 0 Å². The lowest BCUT2D eigenvalue weighted by Gasteiger charge is -2.38. The quantitative estimate of drug-likeness (QED) is 0.753. The van der Waals surface area contributed by atoms with E-state index >= 15 is 0 Å². The molecule has 2 aliphatic heterocycles. The second kappa shape index (κ2) is 12.9. The van der Waals surface area contributed by atoms with Crippen LogP contribution in [0.1, 0.15) is 72.6 Å². The Balaban J connectivity index is 0.000000188. The van der Waals surface area contributed by atoms with Crippen molar-refractivity contribution in [1.82, 2.24) is 10.2 Å². The number of hydrogen-bond acceptors (Lipinski definition) is 3. The number of carbonyl (C=O) groups excluding carboxylic acids is 1. The van der Waals surface area contributed by atoms with Gasteiger partial charge in [-0.25, -0.2) is 0 Å². The summed E-state index contributed by atoms with van der Waals surface area (Å²) in [4.78, 5) is 12.5. The molecule has 3 rings (SSSR count).